The molecule has 0 radical (unpaired) electrons. The van der Waals surface area contributed by atoms with Crippen molar-refractivity contribution in [2.24, 2.45) is 56.2 Å². The number of carboxylic acid groups (broad SMARTS) is 1. The summed E-state index contributed by atoms with van der Waals surface area (Å²) >= 11 is 1.65. The zero-order chi connectivity index (χ0) is 40.5. The monoisotopic (exact) mass is 782 g/mol. The molecular formula is C45H71N3O6S. The van der Waals surface area contributed by atoms with Gasteiger partial charge in [0.05, 0.1) is 23.5 Å². The zero-order valence-corrected chi connectivity index (χ0v) is 36.6. The first-order valence-corrected chi connectivity index (χ1v) is 22.0. The number of likely N-dealkylation sites (N-methyl/N-ethyl adjacent to an activating group) is 1. The third-order valence-corrected chi connectivity index (χ3v) is 17.4. The maximum absolute atomic E-state index is 14.3. The number of rotatable bonds is 13. The molecule has 2 N–H and O–H groups in total. The van der Waals surface area contributed by atoms with E-state index in [9.17, 15) is 24.6 Å². The number of carbonyl (C=O) groups is 3. The lowest BCUT2D eigenvalue weighted by Crippen LogP contribution is -2.66. The standard InChI is InChI=1S/C45H71N3O6S/c1-28(2)37-31(49)22-45(34(50)26-48(21-20-47(10)11)25-29-24-46-27-55-29)19-18-43(8)30(38(37)45)12-13-33-42(7)16-15-35(54-36(51)23-40(3,4)39(52)53)41(5,6)32(42)14-17-44(33,43)9/h24,27-28,30,32-35,50H,12-23,25-26H2,1-11H3,(H,52,53)/t30-,32+,33-,34?,35+,42+,43-,44-,45?/m1/s1. The first-order chi connectivity index (χ1) is 25.5. The summed E-state index contributed by atoms with van der Waals surface area (Å²) in [6.45, 7) is 22.7. The van der Waals surface area contributed by atoms with Gasteiger partial charge in [0, 0.05) is 54.5 Å². The molecule has 9 atom stereocenters. The second-order valence-electron chi connectivity index (χ2n) is 21.1. The topological polar surface area (TPSA) is 120 Å². The summed E-state index contributed by atoms with van der Waals surface area (Å²) in [4.78, 5) is 49.3. The summed E-state index contributed by atoms with van der Waals surface area (Å²) in [5, 5.41) is 22.2. The number of Topliss-reactive ketones (excluding diaryl/α,β-unsaturated/α-hetero) is 1. The number of carboxylic acids is 1. The number of aliphatic carboxylic acids is 1. The number of hydrogen-bond donors (Lipinski definition) is 2. The average molecular weight is 782 g/mol. The number of aliphatic hydroxyl groups excluding tert-OH is 1. The second kappa shape index (κ2) is 14.9. The van der Waals surface area contributed by atoms with E-state index in [-0.39, 0.29) is 51.8 Å². The molecule has 0 aromatic carbocycles. The van der Waals surface area contributed by atoms with Crippen molar-refractivity contribution in [2.45, 2.75) is 145 Å². The molecule has 5 aliphatic rings. The average Bonchev–Trinajstić information content (AvgIpc) is 3.70. The predicted octanol–water partition coefficient (Wildman–Crippen LogP) is 8.26. The summed E-state index contributed by atoms with van der Waals surface area (Å²) in [7, 11) is 4.18. The van der Waals surface area contributed by atoms with E-state index in [2.05, 4.69) is 77.3 Å². The highest BCUT2D eigenvalue weighted by Gasteiger charge is 2.71. The first-order valence-electron chi connectivity index (χ1n) is 21.2. The van der Waals surface area contributed by atoms with Gasteiger partial charge in [-0.25, -0.2) is 0 Å². The van der Waals surface area contributed by atoms with Crippen molar-refractivity contribution in [2.75, 3.05) is 33.7 Å². The molecule has 2 unspecified atom stereocenters. The molecule has 4 saturated carbocycles. The minimum absolute atomic E-state index is 0.0175. The van der Waals surface area contributed by atoms with Crippen molar-refractivity contribution in [3.05, 3.63) is 27.7 Å². The van der Waals surface area contributed by atoms with Crippen molar-refractivity contribution in [1.29, 1.82) is 0 Å². The van der Waals surface area contributed by atoms with E-state index in [1.807, 2.05) is 11.7 Å². The molecule has 1 aromatic heterocycles. The Morgan fingerprint density at radius 3 is 2.31 bits per heavy atom. The highest BCUT2D eigenvalue weighted by Crippen LogP contribution is 2.77. The number of carbonyl (C=O) groups excluding carboxylic acids is 2. The molecule has 4 fully saturated rings. The quantitative estimate of drug-likeness (QED) is 0.191. The summed E-state index contributed by atoms with van der Waals surface area (Å²) in [5.41, 5.74) is 2.34. The largest absolute Gasteiger partial charge is 0.481 e. The normalized spacial score (nSPS) is 36.4. The van der Waals surface area contributed by atoms with Crippen molar-refractivity contribution in [3.63, 3.8) is 0 Å². The summed E-state index contributed by atoms with van der Waals surface area (Å²) in [6, 6.07) is 0. The van der Waals surface area contributed by atoms with Gasteiger partial charge in [0.15, 0.2) is 5.78 Å². The maximum atomic E-state index is 14.3. The fourth-order valence-corrected chi connectivity index (χ4v) is 14.1. The van der Waals surface area contributed by atoms with Gasteiger partial charge in [0.1, 0.15) is 6.10 Å². The number of ketones is 1. The Morgan fingerprint density at radius 2 is 1.69 bits per heavy atom. The van der Waals surface area contributed by atoms with Crippen LogP contribution in [0.15, 0.2) is 22.9 Å². The number of esters is 1. The highest BCUT2D eigenvalue weighted by atomic mass is 32.1. The third kappa shape index (κ3) is 7.09. The fraction of sp³-hybridized carbons (Fsp3) is 0.822. The predicted molar refractivity (Wildman–Crippen MR) is 217 cm³/mol. The Labute approximate surface area is 335 Å². The molecule has 0 amide bonds. The molecule has 0 saturated heterocycles. The Morgan fingerprint density at radius 1 is 0.982 bits per heavy atom. The molecule has 10 heteroatoms. The molecule has 0 bridgehead atoms. The minimum Gasteiger partial charge on any atom is -0.481 e. The van der Waals surface area contributed by atoms with E-state index >= 15 is 0 Å². The molecule has 308 valence electrons. The number of fused-ring (bicyclic) bond motifs is 7. The highest BCUT2D eigenvalue weighted by molar-refractivity contribution is 7.09. The summed E-state index contributed by atoms with van der Waals surface area (Å²) in [5.74, 6) is 0.0603. The van der Waals surface area contributed by atoms with Crippen molar-refractivity contribution in [3.8, 4) is 0 Å². The molecular weight excluding hydrogens is 711 g/mol. The Kier molecular flexibility index (Phi) is 11.5. The molecule has 9 nitrogen and oxygen atoms in total. The van der Waals surface area contributed by atoms with E-state index in [1.165, 1.54) is 10.5 Å². The lowest BCUT2D eigenvalue weighted by Gasteiger charge is -2.72. The number of aromatic nitrogens is 1. The van der Waals surface area contributed by atoms with Gasteiger partial charge in [0.2, 0.25) is 0 Å². The lowest BCUT2D eigenvalue weighted by molar-refractivity contribution is -0.235. The Bertz CT molecular complexity index is 1650. The van der Waals surface area contributed by atoms with Gasteiger partial charge in [0.25, 0.3) is 0 Å². The van der Waals surface area contributed by atoms with Gasteiger partial charge < -0.3 is 19.8 Å². The van der Waals surface area contributed by atoms with Gasteiger partial charge in [-0.15, -0.1) is 11.3 Å². The van der Waals surface area contributed by atoms with Crippen LogP contribution in [0.1, 0.15) is 131 Å². The maximum Gasteiger partial charge on any atom is 0.309 e. The summed E-state index contributed by atoms with van der Waals surface area (Å²) in [6.07, 6.45) is 9.18. The van der Waals surface area contributed by atoms with Crippen LogP contribution in [0.2, 0.25) is 0 Å². The number of aliphatic hydroxyl groups is 1. The Hall–Kier alpha value is -2.14. The number of hydrogen-bond acceptors (Lipinski definition) is 9. The van der Waals surface area contributed by atoms with Crippen molar-refractivity contribution < 1.29 is 29.3 Å². The van der Waals surface area contributed by atoms with Crippen LogP contribution in [0.3, 0.4) is 0 Å². The number of allylic oxidation sites excluding steroid dienone is 1. The van der Waals surface area contributed by atoms with Crippen LogP contribution in [0, 0.1) is 56.2 Å². The van der Waals surface area contributed by atoms with Crippen LogP contribution in [-0.2, 0) is 25.7 Å². The molecule has 5 aliphatic carbocycles. The van der Waals surface area contributed by atoms with E-state index in [0.717, 1.165) is 76.6 Å². The van der Waals surface area contributed by atoms with Crippen LogP contribution >= 0.6 is 11.3 Å². The van der Waals surface area contributed by atoms with Gasteiger partial charge in [-0.1, -0.05) is 54.0 Å². The van der Waals surface area contributed by atoms with Crippen molar-refractivity contribution >= 4 is 29.1 Å². The second-order valence-corrected chi connectivity index (χ2v) is 22.0. The van der Waals surface area contributed by atoms with E-state index in [4.69, 9.17) is 4.74 Å². The summed E-state index contributed by atoms with van der Waals surface area (Å²) < 4.78 is 6.19. The molecule has 55 heavy (non-hydrogen) atoms. The van der Waals surface area contributed by atoms with Crippen LogP contribution < -0.4 is 0 Å². The van der Waals surface area contributed by atoms with Gasteiger partial charge in [-0.3, -0.25) is 24.3 Å². The van der Waals surface area contributed by atoms with Crippen molar-refractivity contribution in [1.82, 2.24) is 14.8 Å². The molecule has 1 aromatic rings. The zero-order valence-electron chi connectivity index (χ0n) is 35.8. The van der Waals surface area contributed by atoms with Gasteiger partial charge >= 0.3 is 11.9 Å². The fourth-order valence-electron chi connectivity index (χ4n) is 13.4. The van der Waals surface area contributed by atoms with E-state index in [0.29, 0.717) is 24.8 Å². The van der Waals surface area contributed by atoms with E-state index < -0.39 is 28.9 Å². The molecule has 0 spiro atoms. The molecule has 0 aliphatic heterocycles. The molecule has 1 heterocycles. The van der Waals surface area contributed by atoms with Crippen LogP contribution in [0.4, 0.5) is 0 Å². The first kappa shape index (κ1) is 42.5. The van der Waals surface area contributed by atoms with Crippen LogP contribution in [-0.4, -0.2) is 88.7 Å². The van der Waals surface area contributed by atoms with Crippen LogP contribution in [0.25, 0.3) is 0 Å². The minimum atomic E-state index is -1.17. The third-order valence-electron chi connectivity index (χ3n) is 16.7. The van der Waals surface area contributed by atoms with Gasteiger partial charge in [-0.2, -0.15) is 0 Å². The number of thiazole rings is 1. The molecule has 6 rings (SSSR count). The Balaban J connectivity index is 1.28. The smallest absolute Gasteiger partial charge is 0.309 e. The number of nitrogens with zero attached hydrogens (tertiary/aromatic N) is 3. The van der Waals surface area contributed by atoms with Crippen LogP contribution in [0.5, 0.6) is 0 Å². The van der Waals surface area contributed by atoms with Gasteiger partial charge in [-0.05, 0) is 125 Å². The van der Waals surface area contributed by atoms with E-state index in [1.54, 1.807) is 25.2 Å². The SMILES string of the molecule is CC(C)C1=C2[C@H]3CC[C@@H]4[C@@]5(C)CC[C@H](OC(=O)CC(C)(C)C(=O)O)C(C)(C)[C@@H]5CC[C@@]4(C)[C@]3(C)CCC2(C(O)CN(CCN(C)C)Cc2cncs2)CC1=O. The lowest BCUT2D eigenvalue weighted by atomic mass is 9.33. The number of ether oxygens (including phenoxy) is 1.